The Balaban J connectivity index is 1.24. The van der Waals surface area contributed by atoms with Crippen LogP contribution in [0.4, 0.5) is 39.8 Å². The lowest BCUT2D eigenvalue weighted by Crippen LogP contribution is -2.09. The number of esters is 2. The average Bonchev–Trinajstić information content (AvgIpc) is 3.08. The molecular weight excluding hydrogens is 610 g/mol. The fourth-order valence-electron chi connectivity index (χ4n) is 4.12. The Bertz CT molecular complexity index is 1790. The van der Waals surface area contributed by atoms with Crippen LogP contribution in [0, 0.1) is 6.92 Å². The van der Waals surface area contributed by atoms with E-state index in [1.807, 2.05) is 86.6 Å². The van der Waals surface area contributed by atoms with E-state index in [0.717, 1.165) is 34.0 Å². The van der Waals surface area contributed by atoms with Gasteiger partial charge in [0, 0.05) is 25.4 Å². The number of anilines is 3. The molecule has 0 heterocycles. The molecule has 0 bridgehead atoms. The van der Waals surface area contributed by atoms with Crippen molar-refractivity contribution in [1.29, 1.82) is 0 Å². The smallest absolute Gasteiger partial charge is 0.338 e. The first kappa shape index (κ1) is 34.8. The van der Waals surface area contributed by atoms with Crippen molar-refractivity contribution in [2.75, 3.05) is 43.1 Å². The Labute approximate surface area is 279 Å². The van der Waals surface area contributed by atoms with Crippen LogP contribution in [0.5, 0.6) is 5.75 Å². The van der Waals surface area contributed by atoms with Gasteiger partial charge in [0.1, 0.15) is 11.4 Å². The summed E-state index contributed by atoms with van der Waals surface area (Å²) in [5.74, 6) is -1.23. The first-order valence-electron chi connectivity index (χ1n) is 15.3. The van der Waals surface area contributed by atoms with Gasteiger partial charge in [-0.2, -0.15) is 15.3 Å². The molecule has 0 aromatic heterocycles. The molecule has 0 amide bonds. The molecule has 0 aliphatic rings. The normalized spacial score (nSPS) is 11.0. The number of aryl methyl sites for hydroxylation is 1. The number of carbonyl (C=O) groups is 2. The molecule has 48 heavy (non-hydrogen) atoms. The summed E-state index contributed by atoms with van der Waals surface area (Å²) >= 11 is 0. The number of hydrazine groups is 1. The fraction of sp³-hybridized carbons (Fsp3) is 0.222. The van der Waals surface area contributed by atoms with Gasteiger partial charge < -0.3 is 30.3 Å². The van der Waals surface area contributed by atoms with Crippen molar-refractivity contribution >= 4 is 51.8 Å². The summed E-state index contributed by atoms with van der Waals surface area (Å²) in [6.45, 7) is 7.36. The van der Waals surface area contributed by atoms with Gasteiger partial charge in [0.25, 0.3) is 0 Å². The molecule has 0 aliphatic heterocycles. The number of nitrogens with one attached hydrogen (secondary N) is 2. The van der Waals surface area contributed by atoms with Gasteiger partial charge in [-0.25, -0.2) is 9.59 Å². The SMILES string of the molecule is C=C(C)C(=O)OCCCCOC(=O)c1ccc(N=Nc2ccc(NNc3ccc(N=Nc4ccc(N(C)C)cc4)cc3)cc2C)c(O)c1. The summed E-state index contributed by atoms with van der Waals surface area (Å²) in [5.41, 5.74) is 12.8. The molecule has 4 aromatic carbocycles. The van der Waals surface area contributed by atoms with E-state index < -0.39 is 11.9 Å². The minimum Gasteiger partial charge on any atom is -0.506 e. The number of ether oxygens (including phenoxy) is 2. The number of benzene rings is 4. The minimum atomic E-state index is -0.580. The number of phenolic OH excluding ortho intramolecular Hbond substituents is 1. The number of hydrogen-bond acceptors (Lipinski definition) is 12. The Kier molecular flexibility index (Phi) is 12.4. The summed E-state index contributed by atoms with van der Waals surface area (Å²) in [5, 5.41) is 27.5. The van der Waals surface area contributed by atoms with E-state index in [1.54, 1.807) is 13.0 Å². The second-order valence-electron chi connectivity index (χ2n) is 11.1. The third-order valence-corrected chi connectivity index (χ3v) is 6.89. The molecule has 0 spiro atoms. The van der Waals surface area contributed by atoms with Crippen LogP contribution in [0.15, 0.2) is 118 Å². The summed E-state index contributed by atoms with van der Waals surface area (Å²) < 4.78 is 10.2. The lowest BCUT2D eigenvalue weighted by molar-refractivity contribution is -0.139. The number of phenols is 1. The number of carbonyl (C=O) groups excluding carboxylic acids is 2. The molecule has 0 aliphatic carbocycles. The third-order valence-electron chi connectivity index (χ3n) is 6.89. The summed E-state index contributed by atoms with van der Waals surface area (Å²) in [7, 11) is 3.98. The highest BCUT2D eigenvalue weighted by atomic mass is 16.5. The number of nitrogens with zero attached hydrogens (tertiary/aromatic N) is 5. The van der Waals surface area contributed by atoms with E-state index in [4.69, 9.17) is 9.47 Å². The number of unbranched alkanes of at least 4 members (excludes halogenated alkanes) is 1. The van der Waals surface area contributed by atoms with E-state index in [1.165, 1.54) is 18.2 Å². The zero-order valence-electron chi connectivity index (χ0n) is 27.4. The molecule has 12 nitrogen and oxygen atoms in total. The van der Waals surface area contributed by atoms with Crippen molar-refractivity contribution in [1.82, 2.24) is 0 Å². The number of rotatable bonds is 15. The fourth-order valence-corrected chi connectivity index (χ4v) is 4.12. The molecule has 0 saturated carbocycles. The van der Waals surface area contributed by atoms with E-state index in [9.17, 15) is 14.7 Å². The van der Waals surface area contributed by atoms with Gasteiger partial charge in [0.2, 0.25) is 0 Å². The van der Waals surface area contributed by atoms with Crippen LogP contribution >= 0.6 is 0 Å². The Morgan fingerprint density at radius 1 is 0.750 bits per heavy atom. The molecule has 3 N–H and O–H groups in total. The predicted molar refractivity (Wildman–Crippen MR) is 187 cm³/mol. The van der Waals surface area contributed by atoms with Gasteiger partial charge >= 0.3 is 11.9 Å². The second-order valence-corrected chi connectivity index (χ2v) is 11.1. The summed E-state index contributed by atoms with van der Waals surface area (Å²) in [4.78, 5) is 25.7. The van der Waals surface area contributed by atoms with Crippen LogP contribution in [0.2, 0.25) is 0 Å². The van der Waals surface area contributed by atoms with Gasteiger partial charge in [-0.05, 0) is 117 Å². The number of aromatic hydroxyl groups is 1. The van der Waals surface area contributed by atoms with Crippen molar-refractivity contribution in [3.63, 3.8) is 0 Å². The van der Waals surface area contributed by atoms with Crippen LogP contribution in [0.25, 0.3) is 0 Å². The maximum Gasteiger partial charge on any atom is 0.338 e. The van der Waals surface area contributed by atoms with Gasteiger partial charge in [-0.1, -0.05) is 6.58 Å². The molecule has 248 valence electrons. The third kappa shape index (κ3) is 10.5. The molecule has 12 heteroatoms. The highest BCUT2D eigenvalue weighted by Crippen LogP contribution is 2.31. The molecule has 0 saturated heterocycles. The first-order valence-corrected chi connectivity index (χ1v) is 15.3. The van der Waals surface area contributed by atoms with E-state index in [0.29, 0.717) is 24.1 Å². The van der Waals surface area contributed by atoms with Gasteiger partial charge in [-0.3, -0.25) is 0 Å². The number of hydrogen-bond donors (Lipinski definition) is 3. The highest BCUT2D eigenvalue weighted by molar-refractivity contribution is 5.90. The standard InChI is InChI=1S/C36H39N7O5/c1-24(2)35(45)47-20-6-7-21-48-36(46)26-8-18-33(34(44)23-26)42-41-32-19-15-30(22-25(32)3)40-39-28-11-9-27(10-12-28)37-38-29-13-16-31(17-14-29)43(4)5/h8-19,22-23,39-40,44H,1,6-7,20-21H2,2-5H3. The quantitative estimate of drug-likeness (QED) is 0.0379. The van der Waals surface area contributed by atoms with Crippen molar-refractivity contribution in [2.45, 2.75) is 26.7 Å². The maximum atomic E-state index is 12.3. The maximum absolute atomic E-state index is 12.3. The largest absolute Gasteiger partial charge is 0.506 e. The molecular formula is C36H39N7O5. The molecule has 0 unspecified atom stereocenters. The van der Waals surface area contributed by atoms with Crippen molar-refractivity contribution in [2.24, 2.45) is 20.5 Å². The second kappa shape index (κ2) is 17.0. The topological polar surface area (TPSA) is 150 Å². The molecule has 4 rings (SSSR count). The van der Waals surface area contributed by atoms with E-state index >= 15 is 0 Å². The van der Waals surface area contributed by atoms with Crippen molar-refractivity contribution < 1.29 is 24.2 Å². The monoisotopic (exact) mass is 649 g/mol. The first-order chi connectivity index (χ1) is 23.1. The van der Waals surface area contributed by atoms with Crippen LogP contribution < -0.4 is 15.8 Å². The van der Waals surface area contributed by atoms with Crippen molar-refractivity contribution in [3.8, 4) is 5.75 Å². The average molecular weight is 650 g/mol. The molecule has 0 radical (unpaired) electrons. The Hall–Kier alpha value is -6.04. The molecule has 4 aromatic rings. The lowest BCUT2D eigenvalue weighted by Gasteiger charge is -2.11. The zero-order valence-corrected chi connectivity index (χ0v) is 27.4. The highest BCUT2D eigenvalue weighted by Gasteiger charge is 2.11. The van der Waals surface area contributed by atoms with Gasteiger partial charge in [0.05, 0.1) is 47.2 Å². The van der Waals surface area contributed by atoms with Crippen LogP contribution in [-0.2, 0) is 14.3 Å². The minimum absolute atomic E-state index is 0.151. The van der Waals surface area contributed by atoms with Crippen molar-refractivity contribution in [3.05, 3.63) is 108 Å². The molecule has 0 fully saturated rings. The van der Waals surface area contributed by atoms with Crippen LogP contribution in [0.3, 0.4) is 0 Å². The predicted octanol–water partition coefficient (Wildman–Crippen LogP) is 9.09. The van der Waals surface area contributed by atoms with Crippen LogP contribution in [-0.4, -0.2) is 44.4 Å². The van der Waals surface area contributed by atoms with Gasteiger partial charge in [0.15, 0.2) is 0 Å². The van der Waals surface area contributed by atoms with E-state index in [2.05, 4.69) is 37.9 Å². The van der Waals surface area contributed by atoms with Crippen LogP contribution in [0.1, 0.15) is 35.7 Å². The lowest BCUT2D eigenvalue weighted by atomic mass is 10.2. The molecule has 0 atom stereocenters. The zero-order chi connectivity index (χ0) is 34.5. The summed E-state index contributed by atoms with van der Waals surface area (Å²) in [6, 6.07) is 25.2. The van der Waals surface area contributed by atoms with Gasteiger partial charge in [-0.15, -0.1) is 5.11 Å². The Morgan fingerprint density at radius 3 is 1.92 bits per heavy atom. The van der Waals surface area contributed by atoms with E-state index in [-0.39, 0.29) is 30.2 Å². The number of azo groups is 2. The summed E-state index contributed by atoms with van der Waals surface area (Å²) in [6.07, 6.45) is 1.06. The Morgan fingerprint density at radius 2 is 1.31 bits per heavy atom.